The van der Waals surface area contributed by atoms with E-state index in [0.717, 1.165) is 0 Å². The maximum Gasteiger partial charge on any atom is 0.265 e. The van der Waals surface area contributed by atoms with Crippen molar-refractivity contribution in [3.63, 3.8) is 0 Å². The molecule has 0 aliphatic rings. The van der Waals surface area contributed by atoms with E-state index >= 15 is 0 Å². The van der Waals surface area contributed by atoms with Gasteiger partial charge >= 0.3 is 0 Å². The Hall–Kier alpha value is -3.22. The summed E-state index contributed by atoms with van der Waals surface area (Å²) in [5.41, 5.74) is 6.00. The van der Waals surface area contributed by atoms with Crippen molar-refractivity contribution in [1.29, 1.82) is 0 Å². The fourth-order valence-corrected chi connectivity index (χ4v) is 2.16. The number of carbonyl (C=O) groups excluding carboxylic acids is 2. The number of rotatable bonds is 3. The van der Waals surface area contributed by atoms with Gasteiger partial charge in [0.05, 0.1) is 23.0 Å². The molecule has 0 saturated carbocycles. The number of amides is 2. The van der Waals surface area contributed by atoms with Gasteiger partial charge in [-0.1, -0.05) is 12.1 Å². The number of nitrogens with zero attached hydrogens (tertiary/aromatic N) is 2. The average molecular weight is 296 g/mol. The number of benzene rings is 1. The van der Waals surface area contributed by atoms with E-state index in [1.165, 1.54) is 16.7 Å². The van der Waals surface area contributed by atoms with E-state index in [4.69, 9.17) is 5.73 Å². The van der Waals surface area contributed by atoms with E-state index in [1.54, 1.807) is 30.3 Å². The molecule has 0 aliphatic carbocycles. The Morgan fingerprint density at radius 1 is 1.18 bits per heavy atom. The highest BCUT2D eigenvalue weighted by molar-refractivity contribution is 5.96. The molecule has 3 N–H and O–H groups in total. The van der Waals surface area contributed by atoms with Crippen molar-refractivity contribution >= 4 is 28.4 Å². The van der Waals surface area contributed by atoms with Crippen LogP contribution >= 0.6 is 0 Å². The van der Waals surface area contributed by atoms with Gasteiger partial charge in [-0.3, -0.25) is 18.8 Å². The lowest BCUT2D eigenvalue weighted by atomic mass is 10.2. The van der Waals surface area contributed by atoms with Crippen molar-refractivity contribution in [2.75, 3.05) is 6.54 Å². The largest absolute Gasteiger partial charge is 0.368 e. The summed E-state index contributed by atoms with van der Waals surface area (Å²) in [6.45, 7) is -0.262. The van der Waals surface area contributed by atoms with Crippen LogP contribution in [0.1, 0.15) is 10.4 Å². The minimum absolute atomic E-state index is 0.243. The van der Waals surface area contributed by atoms with E-state index in [1.807, 2.05) is 0 Å². The molecule has 110 valence electrons. The number of hydrogen-bond donors (Lipinski definition) is 2. The Morgan fingerprint density at radius 3 is 2.73 bits per heavy atom. The zero-order valence-corrected chi connectivity index (χ0v) is 11.4. The molecule has 2 aromatic heterocycles. The van der Waals surface area contributed by atoms with Gasteiger partial charge in [0, 0.05) is 6.20 Å². The molecular formula is C15H12N4O3. The first kappa shape index (κ1) is 13.7. The maximum absolute atomic E-state index is 12.4. The van der Waals surface area contributed by atoms with E-state index in [2.05, 4.69) is 10.3 Å². The molecule has 0 unspecified atom stereocenters. The first-order valence-corrected chi connectivity index (χ1v) is 6.54. The lowest BCUT2D eigenvalue weighted by Gasteiger charge is -2.06. The molecule has 1 aromatic carbocycles. The topological polar surface area (TPSA) is 107 Å². The van der Waals surface area contributed by atoms with Crippen molar-refractivity contribution < 1.29 is 9.59 Å². The highest BCUT2D eigenvalue weighted by Crippen LogP contribution is 2.10. The summed E-state index contributed by atoms with van der Waals surface area (Å²) in [6.07, 6.45) is 1.40. The van der Waals surface area contributed by atoms with Crippen LogP contribution in [0.25, 0.3) is 16.6 Å². The highest BCUT2D eigenvalue weighted by Gasteiger charge is 2.10. The van der Waals surface area contributed by atoms with Crippen LogP contribution in [0.4, 0.5) is 0 Å². The van der Waals surface area contributed by atoms with Gasteiger partial charge in [0.15, 0.2) is 0 Å². The Labute approximate surface area is 124 Å². The second kappa shape index (κ2) is 5.28. The summed E-state index contributed by atoms with van der Waals surface area (Å²) < 4.78 is 1.31. The molecule has 22 heavy (non-hydrogen) atoms. The van der Waals surface area contributed by atoms with Crippen molar-refractivity contribution in [3.05, 3.63) is 58.5 Å². The Kier molecular flexibility index (Phi) is 3.30. The number of nitrogens with one attached hydrogen (secondary N) is 1. The van der Waals surface area contributed by atoms with Gasteiger partial charge in [0.1, 0.15) is 5.65 Å². The number of aromatic nitrogens is 2. The fourth-order valence-electron chi connectivity index (χ4n) is 2.16. The summed E-state index contributed by atoms with van der Waals surface area (Å²) in [5.74, 6) is -1.13. The van der Waals surface area contributed by atoms with E-state index in [-0.39, 0.29) is 17.7 Å². The molecule has 0 bridgehead atoms. The number of fused-ring (bicyclic) bond motifs is 2. The van der Waals surface area contributed by atoms with Crippen molar-refractivity contribution in [2.24, 2.45) is 5.73 Å². The summed E-state index contributed by atoms with van der Waals surface area (Å²) >= 11 is 0. The zero-order chi connectivity index (χ0) is 15.7. The minimum atomic E-state index is -0.640. The van der Waals surface area contributed by atoms with Crippen LogP contribution in [0.3, 0.4) is 0 Å². The first-order valence-electron chi connectivity index (χ1n) is 6.54. The number of nitrogens with two attached hydrogens (primary N) is 1. The number of para-hydroxylation sites is 1. The van der Waals surface area contributed by atoms with Gasteiger partial charge in [-0.25, -0.2) is 4.98 Å². The zero-order valence-electron chi connectivity index (χ0n) is 11.4. The highest BCUT2D eigenvalue weighted by atomic mass is 16.2. The molecule has 7 heteroatoms. The van der Waals surface area contributed by atoms with Crippen LogP contribution in [-0.2, 0) is 4.79 Å². The second-order valence-electron chi connectivity index (χ2n) is 4.73. The summed E-state index contributed by atoms with van der Waals surface area (Å²) in [5, 5.41) is 2.84. The molecule has 2 heterocycles. The van der Waals surface area contributed by atoms with Crippen LogP contribution < -0.4 is 16.6 Å². The number of carbonyl (C=O) groups is 2. The third-order valence-electron chi connectivity index (χ3n) is 3.20. The molecule has 0 saturated heterocycles. The second-order valence-corrected chi connectivity index (χ2v) is 4.73. The van der Waals surface area contributed by atoms with Crippen LogP contribution in [0.5, 0.6) is 0 Å². The minimum Gasteiger partial charge on any atom is -0.368 e. The smallest absolute Gasteiger partial charge is 0.265 e. The van der Waals surface area contributed by atoms with Gasteiger partial charge in [-0.05, 0) is 24.3 Å². The summed E-state index contributed by atoms with van der Waals surface area (Å²) in [6, 6.07) is 10.1. The Balaban J connectivity index is 2.11. The van der Waals surface area contributed by atoms with Crippen LogP contribution in [-0.4, -0.2) is 27.7 Å². The van der Waals surface area contributed by atoms with Crippen LogP contribution in [0, 0.1) is 0 Å². The maximum atomic E-state index is 12.4. The number of primary amides is 1. The molecule has 2 amide bonds. The molecule has 7 nitrogen and oxygen atoms in total. The van der Waals surface area contributed by atoms with Gasteiger partial charge in [0.2, 0.25) is 5.91 Å². The summed E-state index contributed by atoms with van der Waals surface area (Å²) in [7, 11) is 0. The van der Waals surface area contributed by atoms with Gasteiger partial charge in [-0.2, -0.15) is 0 Å². The van der Waals surface area contributed by atoms with Crippen LogP contribution in [0.15, 0.2) is 47.4 Å². The predicted octanol–water partition coefficient (Wildman–Crippen LogP) is 0.0628. The number of hydrogen-bond acceptors (Lipinski definition) is 4. The first-order chi connectivity index (χ1) is 10.6. The normalized spacial score (nSPS) is 10.7. The number of pyridine rings is 1. The SMILES string of the molecule is NC(=O)CNC(=O)c1ccc2nc3ccccc3c(=O)n2c1. The molecule has 3 aromatic rings. The lowest BCUT2D eigenvalue weighted by Crippen LogP contribution is -2.33. The molecule has 0 spiro atoms. The van der Waals surface area contributed by atoms with E-state index in [0.29, 0.717) is 16.6 Å². The average Bonchev–Trinajstić information content (AvgIpc) is 2.52. The third kappa shape index (κ3) is 2.39. The predicted molar refractivity (Wildman–Crippen MR) is 80.5 cm³/mol. The molecular weight excluding hydrogens is 284 g/mol. The Morgan fingerprint density at radius 2 is 1.95 bits per heavy atom. The fraction of sp³-hybridized carbons (Fsp3) is 0.0667. The third-order valence-corrected chi connectivity index (χ3v) is 3.20. The Bertz CT molecular complexity index is 962. The summed E-state index contributed by atoms with van der Waals surface area (Å²) in [4.78, 5) is 39.4. The van der Waals surface area contributed by atoms with Gasteiger partial charge in [-0.15, -0.1) is 0 Å². The lowest BCUT2D eigenvalue weighted by molar-refractivity contribution is -0.117. The van der Waals surface area contributed by atoms with Gasteiger partial charge in [0.25, 0.3) is 11.5 Å². The van der Waals surface area contributed by atoms with Crippen molar-refractivity contribution in [3.8, 4) is 0 Å². The van der Waals surface area contributed by atoms with E-state index in [9.17, 15) is 14.4 Å². The molecule has 3 rings (SSSR count). The molecule has 0 radical (unpaired) electrons. The van der Waals surface area contributed by atoms with Crippen molar-refractivity contribution in [1.82, 2.24) is 14.7 Å². The quantitative estimate of drug-likeness (QED) is 0.666. The molecule has 0 fully saturated rings. The van der Waals surface area contributed by atoms with Crippen molar-refractivity contribution in [2.45, 2.75) is 0 Å². The standard InChI is InChI=1S/C15H12N4O3/c16-12(20)7-17-14(21)9-5-6-13-18-11-4-2-1-3-10(11)15(22)19(13)8-9/h1-6,8H,7H2,(H2,16,20)(H,17,21). The monoisotopic (exact) mass is 296 g/mol. The molecule has 0 atom stereocenters. The van der Waals surface area contributed by atoms with Crippen LogP contribution in [0.2, 0.25) is 0 Å². The molecule has 0 aliphatic heterocycles. The van der Waals surface area contributed by atoms with E-state index < -0.39 is 11.8 Å². The van der Waals surface area contributed by atoms with Gasteiger partial charge < -0.3 is 11.1 Å².